The van der Waals surface area contributed by atoms with Crippen LogP contribution in [0, 0.1) is 32.5 Å². The molecule has 45 heavy (non-hydrogen) atoms. The van der Waals surface area contributed by atoms with Gasteiger partial charge in [-0.15, -0.1) is 0 Å². The van der Waals surface area contributed by atoms with Crippen molar-refractivity contribution in [1.29, 1.82) is 0 Å². The monoisotopic (exact) mass is 637 g/mol. The standard InChI is InChI=1S/C22H46.C21H44.C2H6/c1-9-13-16-19-22(8,20(5,6)17-14-10-2)21(7,12-4)18-15-11-3;1-9-13-16-19(5,6)21(8,18-15-11-3)20(7,12-4)17-14-10-2;1-2/h9-19H2,1-8H3;9-18H2,1-8H3;1-2H3. The molecule has 0 aromatic heterocycles. The number of rotatable bonds is 25. The Balaban J connectivity index is -0.000000743. The lowest BCUT2D eigenvalue weighted by Crippen LogP contribution is -2.48. The van der Waals surface area contributed by atoms with Crippen LogP contribution >= 0.6 is 0 Å². The number of hydrogen-bond donors (Lipinski definition) is 0. The van der Waals surface area contributed by atoms with Gasteiger partial charge < -0.3 is 0 Å². The Bertz CT molecular complexity index is 657. The Morgan fingerprint density at radius 2 is 0.533 bits per heavy atom. The smallest absolute Gasteiger partial charge is 0.0221 e. The van der Waals surface area contributed by atoms with Gasteiger partial charge in [-0.1, -0.05) is 221 Å². The second-order valence-electron chi connectivity index (χ2n) is 17.2. The molecule has 0 N–H and O–H groups in total. The van der Waals surface area contributed by atoms with Gasteiger partial charge in [0.1, 0.15) is 0 Å². The second kappa shape index (κ2) is 25.0. The highest BCUT2D eigenvalue weighted by Gasteiger charge is 2.52. The molecule has 0 heteroatoms. The van der Waals surface area contributed by atoms with Crippen LogP contribution in [0.1, 0.15) is 259 Å². The third-order valence-electron chi connectivity index (χ3n) is 14.0. The van der Waals surface area contributed by atoms with Crippen molar-refractivity contribution < 1.29 is 0 Å². The van der Waals surface area contributed by atoms with Crippen molar-refractivity contribution in [3.8, 4) is 0 Å². The van der Waals surface area contributed by atoms with E-state index in [4.69, 9.17) is 0 Å². The van der Waals surface area contributed by atoms with E-state index in [0.29, 0.717) is 32.5 Å². The first-order valence-electron chi connectivity index (χ1n) is 21.0. The molecule has 0 fully saturated rings. The predicted octanol–water partition coefficient (Wildman–Crippen LogP) is 17.4. The summed E-state index contributed by atoms with van der Waals surface area (Å²) in [5.74, 6) is 0. The van der Waals surface area contributed by atoms with Crippen LogP contribution in [0.3, 0.4) is 0 Å². The fourth-order valence-corrected chi connectivity index (χ4v) is 8.78. The zero-order valence-electron chi connectivity index (χ0n) is 35.8. The summed E-state index contributed by atoms with van der Waals surface area (Å²) in [6.45, 7) is 43.6. The normalized spacial score (nSPS) is 17.5. The van der Waals surface area contributed by atoms with Crippen LogP contribution in [0.4, 0.5) is 0 Å². The average Bonchev–Trinajstić information content (AvgIpc) is 3.03. The van der Waals surface area contributed by atoms with Crippen molar-refractivity contribution >= 4 is 0 Å². The van der Waals surface area contributed by atoms with Gasteiger partial charge in [0, 0.05) is 0 Å². The Hall–Kier alpha value is 0. The fourth-order valence-electron chi connectivity index (χ4n) is 8.78. The Morgan fingerprint density at radius 3 is 0.800 bits per heavy atom. The molecule has 0 bridgehead atoms. The van der Waals surface area contributed by atoms with E-state index in [1.165, 1.54) is 135 Å². The Morgan fingerprint density at radius 1 is 0.289 bits per heavy atom. The zero-order chi connectivity index (χ0) is 35.8. The molecule has 0 saturated heterocycles. The number of unbranched alkanes of at least 4 members (excludes halogenated alkanes) is 7. The van der Waals surface area contributed by atoms with E-state index in [1.54, 1.807) is 0 Å². The third kappa shape index (κ3) is 14.6. The lowest BCUT2D eigenvalue weighted by Gasteiger charge is -2.57. The lowest BCUT2D eigenvalue weighted by molar-refractivity contribution is -0.0712. The van der Waals surface area contributed by atoms with E-state index >= 15 is 0 Å². The van der Waals surface area contributed by atoms with E-state index in [0.717, 1.165) is 0 Å². The van der Waals surface area contributed by atoms with Gasteiger partial charge in [0.2, 0.25) is 0 Å². The van der Waals surface area contributed by atoms with Crippen LogP contribution in [0.25, 0.3) is 0 Å². The minimum Gasteiger partial charge on any atom is -0.0683 e. The molecule has 0 amide bonds. The fraction of sp³-hybridized carbons (Fsp3) is 1.00. The predicted molar refractivity (Wildman–Crippen MR) is 214 cm³/mol. The zero-order valence-corrected chi connectivity index (χ0v) is 35.8. The molecule has 0 rings (SSSR count). The number of hydrogen-bond acceptors (Lipinski definition) is 0. The van der Waals surface area contributed by atoms with Crippen LogP contribution in [-0.2, 0) is 0 Å². The van der Waals surface area contributed by atoms with E-state index in [1.807, 2.05) is 13.8 Å². The van der Waals surface area contributed by atoms with Gasteiger partial charge in [-0.2, -0.15) is 0 Å². The maximum atomic E-state index is 2.64. The van der Waals surface area contributed by atoms with Crippen molar-refractivity contribution in [3.63, 3.8) is 0 Å². The molecular weight excluding hydrogens is 540 g/mol. The van der Waals surface area contributed by atoms with Gasteiger partial charge in [-0.05, 0) is 71.0 Å². The van der Waals surface area contributed by atoms with E-state index in [2.05, 4.69) is 111 Å². The van der Waals surface area contributed by atoms with E-state index < -0.39 is 0 Å². The summed E-state index contributed by atoms with van der Waals surface area (Å²) >= 11 is 0. The van der Waals surface area contributed by atoms with Crippen LogP contribution < -0.4 is 0 Å². The highest BCUT2D eigenvalue weighted by Crippen LogP contribution is 2.61. The summed E-state index contributed by atoms with van der Waals surface area (Å²) in [7, 11) is 0. The SMILES string of the molecule is CC.CCCCC(C)(C)C(C)(CCCC)C(C)(CC)CCCC.CCCCCC(C)(C(C)(C)CCCC)C(C)(CC)CCCC. The summed E-state index contributed by atoms with van der Waals surface area (Å²) in [5, 5.41) is 0. The molecule has 0 radical (unpaired) electrons. The maximum absolute atomic E-state index is 2.64. The highest BCUT2D eigenvalue weighted by atomic mass is 14.6. The molecule has 0 saturated carbocycles. The molecule has 0 spiro atoms. The molecule has 4 atom stereocenters. The summed E-state index contributed by atoms with van der Waals surface area (Å²) in [6.07, 6.45) is 28.7. The van der Waals surface area contributed by atoms with Crippen molar-refractivity contribution in [1.82, 2.24) is 0 Å². The summed E-state index contributed by atoms with van der Waals surface area (Å²) in [5.41, 5.74) is 2.75. The van der Waals surface area contributed by atoms with Crippen LogP contribution in [-0.4, -0.2) is 0 Å². The first kappa shape index (κ1) is 49.4. The summed E-state index contributed by atoms with van der Waals surface area (Å²) in [6, 6.07) is 0. The molecular formula is C45H96. The molecule has 0 aliphatic heterocycles. The van der Waals surface area contributed by atoms with Crippen LogP contribution in [0.15, 0.2) is 0 Å². The molecule has 0 aromatic carbocycles. The molecule has 0 nitrogen and oxygen atoms in total. The topological polar surface area (TPSA) is 0 Å². The molecule has 276 valence electrons. The van der Waals surface area contributed by atoms with E-state index in [-0.39, 0.29) is 0 Å². The van der Waals surface area contributed by atoms with Gasteiger partial charge in [0.25, 0.3) is 0 Å². The first-order valence-corrected chi connectivity index (χ1v) is 21.0. The minimum atomic E-state index is 0.440. The highest BCUT2D eigenvalue weighted by molar-refractivity contribution is 5.01. The first-order chi connectivity index (χ1) is 21.0. The minimum absolute atomic E-state index is 0.440. The van der Waals surface area contributed by atoms with Crippen molar-refractivity contribution in [2.45, 2.75) is 259 Å². The van der Waals surface area contributed by atoms with Gasteiger partial charge in [0.05, 0.1) is 0 Å². The van der Waals surface area contributed by atoms with Crippen LogP contribution in [0.5, 0.6) is 0 Å². The summed E-state index contributed by atoms with van der Waals surface area (Å²) in [4.78, 5) is 0. The van der Waals surface area contributed by atoms with Crippen LogP contribution in [0.2, 0.25) is 0 Å². The summed E-state index contributed by atoms with van der Waals surface area (Å²) < 4.78 is 0. The third-order valence-corrected chi connectivity index (χ3v) is 14.0. The van der Waals surface area contributed by atoms with Crippen molar-refractivity contribution in [2.24, 2.45) is 32.5 Å². The van der Waals surface area contributed by atoms with Gasteiger partial charge >= 0.3 is 0 Å². The molecule has 0 heterocycles. The van der Waals surface area contributed by atoms with Gasteiger partial charge in [0.15, 0.2) is 0 Å². The second-order valence-corrected chi connectivity index (χ2v) is 17.2. The molecule has 0 aromatic rings. The Labute approximate surface area is 291 Å². The molecule has 0 aliphatic rings. The van der Waals surface area contributed by atoms with Gasteiger partial charge in [-0.3, -0.25) is 0 Å². The quantitative estimate of drug-likeness (QED) is 0.0875. The van der Waals surface area contributed by atoms with Crippen molar-refractivity contribution in [3.05, 3.63) is 0 Å². The molecule has 4 unspecified atom stereocenters. The molecule has 0 aliphatic carbocycles. The largest absolute Gasteiger partial charge is 0.0683 e. The van der Waals surface area contributed by atoms with Crippen molar-refractivity contribution in [2.75, 3.05) is 0 Å². The van der Waals surface area contributed by atoms with Gasteiger partial charge in [-0.25, -0.2) is 0 Å². The Kier molecular flexibility index (Phi) is 27.5. The average molecular weight is 637 g/mol. The van der Waals surface area contributed by atoms with E-state index in [9.17, 15) is 0 Å². The maximum Gasteiger partial charge on any atom is -0.0221 e. The lowest BCUT2D eigenvalue weighted by atomic mass is 9.48.